The maximum absolute atomic E-state index is 12.2. The summed E-state index contributed by atoms with van der Waals surface area (Å²) in [6.07, 6.45) is 4.66. The van der Waals surface area contributed by atoms with Crippen molar-refractivity contribution in [3.05, 3.63) is 84.1 Å². The molecule has 0 aliphatic rings. The van der Waals surface area contributed by atoms with Crippen molar-refractivity contribution in [2.24, 2.45) is 0 Å². The van der Waals surface area contributed by atoms with Gasteiger partial charge in [-0.2, -0.15) is 5.10 Å². The summed E-state index contributed by atoms with van der Waals surface area (Å²) in [5.41, 5.74) is 3.78. The van der Waals surface area contributed by atoms with Crippen molar-refractivity contribution in [3.8, 4) is 11.3 Å². The number of hydrogen-bond donors (Lipinski definition) is 2. The van der Waals surface area contributed by atoms with Gasteiger partial charge in [-0.15, -0.1) is 0 Å². The molecule has 0 fully saturated rings. The number of ether oxygens (including phenoxy) is 1. The number of hydrogen-bond acceptors (Lipinski definition) is 4. The minimum atomic E-state index is -0.495. The highest BCUT2D eigenvalue weighted by molar-refractivity contribution is 5.92. The van der Waals surface area contributed by atoms with Gasteiger partial charge in [0.05, 0.1) is 18.8 Å². The molecule has 1 heterocycles. The van der Waals surface area contributed by atoms with Crippen LogP contribution in [0.15, 0.2) is 72.9 Å². The summed E-state index contributed by atoms with van der Waals surface area (Å²) < 4.78 is 6.64. The topological polar surface area (TPSA) is 85.3 Å². The Balaban J connectivity index is 1.67. The monoisotopic (exact) mass is 418 g/mol. The molecule has 1 aromatic heterocycles. The van der Waals surface area contributed by atoms with Crippen molar-refractivity contribution in [2.75, 3.05) is 19.7 Å². The fourth-order valence-electron chi connectivity index (χ4n) is 2.99. The van der Waals surface area contributed by atoms with Crippen LogP contribution in [-0.4, -0.2) is 41.5 Å². The molecule has 160 valence electrons. The average Bonchev–Trinajstić information content (AvgIpc) is 3.19. The molecule has 0 aliphatic heterocycles. The Bertz CT molecular complexity index is 1010. The standard InChI is InChI=1S/C24H26N4O3/c1-2-31-24(30)26-16-15-25-22(29)14-13-21-18-28(17-19-9-5-3-6-10-19)27-23(21)20-11-7-4-8-12-20/h3-14,18H,2,15-17H2,1H3,(H,25,29)(H,26,30)/b14-13+. The molecule has 0 saturated heterocycles. The van der Waals surface area contributed by atoms with Gasteiger partial charge in [0.15, 0.2) is 0 Å². The van der Waals surface area contributed by atoms with Crippen LogP contribution in [0.4, 0.5) is 4.79 Å². The van der Waals surface area contributed by atoms with Crippen LogP contribution in [0.2, 0.25) is 0 Å². The Labute approximate surface area is 181 Å². The number of rotatable bonds is 9. The van der Waals surface area contributed by atoms with E-state index in [4.69, 9.17) is 9.84 Å². The molecule has 7 heteroatoms. The Hall–Kier alpha value is -3.87. The Morgan fingerprint density at radius 2 is 1.68 bits per heavy atom. The summed E-state index contributed by atoms with van der Waals surface area (Å²) in [4.78, 5) is 23.4. The van der Waals surface area contributed by atoms with Crippen LogP contribution >= 0.6 is 0 Å². The lowest BCUT2D eigenvalue weighted by atomic mass is 10.1. The zero-order chi connectivity index (χ0) is 21.9. The number of carbonyl (C=O) groups is 2. The molecule has 0 saturated carbocycles. The SMILES string of the molecule is CCOC(=O)NCCNC(=O)/C=C/c1cn(Cc2ccccc2)nc1-c1ccccc1. The zero-order valence-electron chi connectivity index (χ0n) is 17.5. The highest BCUT2D eigenvalue weighted by Crippen LogP contribution is 2.23. The van der Waals surface area contributed by atoms with E-state index in [1.54, 1.807) is 13.0 Å². The van der Waals surface area contributed by atoms with Crippen LogP contribution in [0.1, 0.15) is 18.1 Å². The van der Waals surface area contributed by atoms with Gasteiger partial charge in [0.1, 0.15) is 0 Å². The highest BCUT2D eigenvalue weighted by Gasteiger charge is 2.10. The van der Waals surface area contributed by atoms with Crippen LogP contribution in [0.3, 0.4) is 0 Å². The predicted octanol–water partition coefficient (Wildman–Crippen LogP) is 3.47. The molecule has 0 bridgehead atoms. The Morgan fingerprint density at radius 3 is 2.39 bits per heavy atom. The predicted molar refractivity (Wildman–Crippen MR) is 120 cm³/mol. The second-order valence-electron chi connectivity index (χ2n) is 6.75. The van der Waals surface area contributed by atoms with Crippen molar-refractivity contribution >= 4 is 18.1 Å². The first-order valence-corrected chi connectivity index (χ1v) is 10.2. The lowest BCUT2D eigenvalue weighted by Gasteiger charge is -2.05. The van der Waals surface area contributed by atoms with Crippen LogP contribution < -0.4 is 10.6 Å². The second-order valence-corrected chi connectivity index (χ2v) is 6.75. The minimum Gasteiger partial charge on any atom is -0.450 e. The maximum Gasteiger partial charge on any atom is 0.407 e. The quantitative estimate of drug-likeness (QED) is 0.412. The summed E-state index contributed by atoms with van der Waals surface area (Å²) in [7, 11) is 0. The van der Waals surface area contributed by atoms with E-state index in [2.05, 4.69) is 22.8 Å². The molecule has 2 N–H and O–H groups in total. The number of carbonyl (C=O) groups excluding carboxylic acids is 2. The molecule has 0 aliphatic carbocycles. The van der Waals surface area contributed by atoms with Crippen LogP contribution in [0, 0.1) is 0 Å². The molecule has 0 radical (unpaired) electrons. The fourth-order valence-corrected chi connectivity index (χ4v) is 2.99. The fraction of sp³-hybridized carbons (Fsp3) is 0.208. The van der Waals surface area contributed by atoms with Gasteiger partial charge in [-0.3, -0.25) is 9.48 Å². The first-order valence-electron chi connectivity index (χ1n) is 10.2. The van der Waals surface area contributed by atoms with Crippen molar-refractivity contribution < 1.29 is 14.3 Å². The molecule has 0 unspecified atom stereocenters. The number of amides is 2. The lowest BCUT2D eigenvalue weighted by molar-refractivity contribution is -0.116. The van der Waals surface area contributed by atoms with E-state index in [1.165, 1.54) is 6.08 Å². The van der Waals surface area contributed by atoms with Gasteiger partial charge in [0.2, 0.25) is 5.91 Å². The van der Waals surface area contributed by atoms with E-state index in [-0.39, 0.29) is 5.91 Å². The van der Waals surface area contributed by atoms with Crippen LogP contribution in [-0.2, 0) is 16.1 Å². The Morgan fingerprint density at radius 1 is 1.00 bits per heavy atom. The van der Waals surface area contributed by atoms with Gasteiger partial charge in [-0.05, 0) is 18.6 Å². The van der Waals surface area contributed by atoms with Gasteiger partial charge in [0, 0.05) is 36.5 Å². The van der Waals surface area contributed by atoms with E-state index in [0.29, 0.717) is 26.2 Å². The third-order valence-electron chi connectivity index (χ3n) is 4.41. The van der Waals surface area contributed by atoms with E-state index < -0.39 is 6.09 Å². The van der Waals surface area contributed by atoms with Crippen LogP contribution in [0.5, 0.6) is 0 Å². The molecule has 0 spiro atoms. The summed E-state index contributed by atoms with van der Waals surface area (Å²) in [6, 6.07) is 20.0. The largest absolute Gasteiger partial charge is 0.450 e. The number of nitrogens with zero attached hydrogens (tertiary/aromatic N) is 2. The first kappa shape index (κ1) is 21.8. The summed E-state index contributed by atoms with van der Waals surface area (Å²) >= 11 is 0. The van der Waals surface area contributed by atoms with Crippen LogP contribution in [0.25, 0.3) is 17.3 Å². The Kier molecular flexibility index (Phi) is 7.99. The molecule has 7 nitrogen and oxygen atoms in total. The summed E-state index contributed by atoms with van der Waals surface area (Å²) in [5, 5.41) is 10.0. The molecule has 3 aromatic rings. The highest BCUT2D eigenvalue weighted by atomic mass is 16.5. The minimum absolute atomic E-state index is 0.250. The molecular formula is C24H26N4O3. The van der Waals surface area contributed by atoms with E-state index in [0.717, 1.165) is 22.4 Å². The van der Waals surface area contributed by atoms with Gasteiger partial charge in [0.25, 0.3) is 0 Å². The van der Waals surface area contributed by atoms with Gasteiger partial charge in [-0.1, -0.05) is 60.7 Å². The third-order valence-corrected chi connectivity index (χ3v) is 4.41. The van der Waals surface area contributed by atoms with Gasteiger partial charge in [-0.25, -0.2) is 4.79 Å². The third kappa shape index (κ3) is 6.85. The zero-order valence-corrected chi connectivity index (χ0v) is 17.5. The maximum atomic E-state index is 12.2. The van der Waals surface area contributed by atoms with E-state index >= 15 is 0 Å². The van der Waals surface area contributed by atoms with Crippen molar-refractivity contribution in [3.63, 3.8) is 0 Å². The normalized spacial score (nSPS) is 10.7. The van der Waals surface area contributed by atoms with Crippen molar-refractivity contribution in [2.45, 2.75) is 13.5 Å². The number of nitrogens with one attached hydrogen (secondary N) is 2. The first-order chi connectivity index (χ1) is 15.2. The summed E-state index contributed by atoms with van der Waals surface area (Å²) in [5.74, 6) is -0.250. The lowest BCUT2D eigenvalue weighted by Crippen LogP contribution is -2.34. The molecule has 2 aromatic carbocycles. The molecular weight excluding hydrogens is 392 g/mol. The molecule has 31 heavy (non-hydrogen) atoms. The molecule has 2 amide bonds. The number of benzene rings is 2. The van der Waals surface area contributed by atoms with Crippen molar-refractivity contribution in [1.82, 2.24) is 20.4 Å². The summed E-state index contributed by atoms with van der Waals surface area (Å²) in [6.45, 7) is 3.28. The van der Waals surface area contributed by atoms with E-state index in [9.17, 15) is 9.59 Å². The average molecular weight is 418 g/mol. The molecule has 3 rings (SSSR count). The van der Waals surface area contributed by atoms with E-state index in [1.807, 2.05) is 59.4 Å². The van der Waals surface area contributed by atoms with Gasteiger partial charge < -0.3 is 15.4 Å². The smallest absolute Gasteiger partial charge is 0.407 e. The molecule has 0 atom stereocenters. The number of aromatic nitrogens is 2. The van der Waals surface area contributed by atoms with Gasteiger partial charge >= 0.3 is 6.09 Å². The second kappa shape index (κ2) is 11.3. The van der Waals surface area contributed by atoms with Crippen molar-refractivity contribution in [1.29, 1.82) is 0 Å². The number of alkyl carbamates (subject to hydrolysis) is 1.